The number of piperidine rings is 1. The molecule has 2 N–H and O–H groups in total. The first-order valence-corrected chi connectivity index (χ1v) is 10.8. The van der Waals surface area contributed by atoms with Crippen LogP contribution >= 0.6 is 11.6 Å². The van der Waals surface area contributed by atoms with Crippen LogP contribution in [0.25, 0.3) is 0 Å². The molecule has 6 heteroatoms. The SMILES string of the molecule is N#Cc1cc(Cl)ccc1OC1CCN(CCC2CCCCC2CC(N)=O)CC1. The standard InChI is InChI=1S/C22H30ClN3O2/c23-19-5-6-21(18(13-19)15-24)28-20-8-11-26(12-9-20)10-7-16-3-1-2-4-17(16)14-22(25)27/h5-6,13,16-17,20H,1-4,7-12,14H2,(H2,25,27). The highest BCUT2D eigenvalue weighted by atomic mass is 35.5. The van der Waals surface area contributed by atoms with Crippen molar-refractivity contribution in [3.8, 4) is 11.8 Å². The van der Waals surface area contributed by atoms with Crippen LogP contribution in [0.3, 0.4) is 0 Å². The molecule has 1 aliphatic heterocycles. The Morgan fingerprint density at radius 3 is 2.61 bits per heavy atom. The summed E-state index contributed by atoms with van der Waals surface area (Å²) in [5, 5.41) is 9.81. The van der Waals surface area contributed by atoms with E-state index in [4.69, 9.17) is 22.1 Å². The van der Waals surface area contributed by atoms with E-state index >= 15 is 0 Å². The lowest BCUT2D eigenvalue weighted by molar-refractivity contribution is -0.119. The van der Waals surface area contributed by atoms with E-state index in [2.05, 4.69) is 11.0 Å². The third-order valence-electron chi connectivity index (χ3n) is 6.24. The highest BCUT2D eigenvalue weighted by Crippen LogP contribution is 2.35. The molecule has 2 fully saturated rings. The molecule has 3 rings (SSSR count). The highest BCUT2D eigenvalue weighted by Gasteiger charge is 2.28. The molecule has 28 heavy (non-hydrogen) atoms. The average molecular weight is 404 g/mol. The molecule has 1 heterocycles. The van der Waals surface area contributed by atoms with Gasteiger partial charge in [-0.25, -0.2) is 0 Å². The normalized spacial score (nSPS) is 23.9. The molecular weight excluding hydrogens is 374 g/mol. The van der Waals surface area contributed by atoms with Gasteiger partial charge in [-0.15, -0.1) is 0 Å². The van der Waals surface area contributed by atoms with Crippen LogP contribution in [0.1, 0.15) is 56.9 Å². The van der Waals surface area contributed by atoms with Gasteiger partial charge in [-0.05, 0) is 62.3 Å². The van der Waals surface area contributed by atoms with E-state index in [9.17, 15) is 10.1 Å². The first-order valence-electron chi connectivity index (χ1n) is 10.4. The third-order valence-corrected chi connectivity index (χ3v) is 6.47. The summed E-state index contributed by atoms with van der Waals surface area (Å²) in [5.74, 6) is 1.57. The molecule has 2 aliphatic rings. The zero-order valence-corrected chi connectivity index (χ0v) is 17.2. The lowest BCUT2D eigenvalue weighted by Gasteiger charge is -2.35. The Kier molecular flexibility index (Phi) is 7.58. The number of carbonyl (C=O) groups is 1. The van der Waals surface area contributed by atoms with Gasteiger partial charge in [-0.2, -0.15) is 5.26 Å². The van der Waals surface area contributed by atoms with Crippen molar-refractivity contribution in [3.63, 3.8) is 0 Å². The maximum Gasteiger partial charge on any atom is 0.217 e. The van der Waals surface area contributed by atoms with Gasteiger partial charge < -0.3 is 15.4 Å². The van der Waals surface area contributed by atoms with Gasteiger partial charge in [-0.3, -0.25) is 4.79 Å². The highest BCUT2D eigenvalue weighted by molar-refractivity contribution is 6.30. The lowest BCUT2D eigenvalue weighted by atomic mass is 9.75. The van der Waals surface area contributed by atoms with Gasteiger partial charge in [0.15, 0.2) is 0 Å². The minimum Gasteiger partial charge on any atom is -0.489 e. The first-order chi connectivity index (χ1) is 13.5. The Balaban J connectivity index is 1.44. The number of benzene rings is 1. The van der Waals surface area contributed by atoms with Crippen LogP contribution in [0.15, 0.2) is 18.2 Å². The number of hydrogen-bond donors (Lipinski definition) is 1. The number of hydrogen-bond acceptors (Lipinski definition) is 4. The quantitative estimate of drug-likeness (QED) is 0.742. The lowest BCUT2D eigenvalue weighted by Crippen LogP contribution is -2.39. The van der Waals surface area contributed by atoms with Gasteiger partial charge >= 0.3 is 0 Å². The predicted octanol–water partition coefficient (Wildman–Crippen LogP) is 4.13. The maximum absolute atomic E-state index is 11.3. The summed E-state index contributed by atoms with van der Waals surface area (Å²) in [5.41, 5.74) is 5.93. The van der Waals surface area contributed by atoms with Crippen molar-refractivity contribution in [3.05, 3.63) is 28.8 Å². The summed E-state index contributed by atoms with van der Waals surface area (Å²) in [6.07, 6.45) is 8.64. The van der Waals surface area contributed by atoms with E-state index in [1.165, 1.54) is 19.3 Å². The van der Waals surface area contributed by atoms with E-state index in [0.717, 1.165) is 45.3 Å². The fourth-order valence-corrected chi connectivity index (χ4v) is 4.83. The van der Waals surface area contributed by atoms with Crippen molar-refractivity contribution in [1.29, 1.82) is 5.26 Å². The van der Waals surface area contributed by atoms with E-state index < -0.39 is 0 Å². The number of rotatable bonds is 7. The van der Waals surface area contributed by atoms with Gasteiger partial charge in [0, 0.05) is 24.5 Å². The Morgan fingerprint density at radius 1 is 1.21 bits per heavy atom. The predicted molar refractivity (Wildman–Crippen MR) is 110 cm³/mol. The fraction of sp³-hybridized carbons (Fsp3) is 0.636. The van der Waals surface area contributed by atoms with E-state index in [0.29, 0.717) is 34.6 Å². The molecule has 5 nitrogen and oxygen atoms in total. The number of nitrogens with zero attached hydrogens (tertiary/aromatic N) is 2. The monoisotopic (exact) mass is 403 g/mol. The van der Waals surface area contributed by atoms with Gasteiger partial charge in [-0.1, -0.05) is 30.9 Å². The van der Waals surface area contributed by atoms with Gasteiger partial charge in [0.25, 0.3) is 0 Å². The van der Waals surface area contributed by atoms with E-state index in [-0.39, 0.29) is 12.0 Å². The number of nitriles is 1. The topological polar surface area (TPSA) is 79.3 Å². The molecule has 1 saturated heterocycles. The molecule has 0 spiro atoms. The molecule has 1 aliphatic carbocycles. The van der Waals surface area contributed by atoms with Crippen LogP contribution in [0.4, 0.5) is 0 Å². The minimum atomic E-state index is -0.159. The Morgan fingerprint density at radius 2 is 1.93 bits per heavy atom. The Labute approximate surface area is 172 Å². The maximum atomic E-state index is 11.3. The number of likely N-dealkylation sites (tertiary alicyclic amines) is 1. The molecule has 1 aromatic carbocycles. The summed E-state index contributed by atoms with van der Waals surface area (Å²) in [7, 11) is 0. The second kappa shape index (κ2) is 10.1. The van der Waals surface area contributed by atoms with E-state index in [1.807, 2.05) is 0 Å². The van der Waals surface area contributed by atoms with E-state index in [1.54, 1.807) is 18.2 Å². The summed E-state index contributed by atoms with van der Waals surface area (Å²) < 4.78 is 6.08. The molecule has 1 aromatic rings. The van der Waals surface area contributed by atoms with Crippen molar-refractivity contribution in [2.75, 3.05) is 19.6 Å². The summed E-state index contributed by atoms with van der Waals surface area (Å²) in [4.78, 5) is 13.8. The van der Waals surface area contributed by atoms with Gasteiger partial charge in [0.1, 0.15) is 17.9 Å². The van der Waals surface area contributed by atoms with Crippen molar-refractivity contribution < 1.29 is 9.53 Å². The second-order valence-corrected chi connectivity index (χ2v) is 8.61. The smallest absolute Gasteiger partial charge is 0.217 e. The number of carbonyl (C=O) groups excluding carboxylic acids is 1. The molecule has 2 atom stereocenters. The van der Waals surface area contributed by atoms with Crippen LogP contribution in [0.2, 0.25) is 5.02 Å². The molecule has 2 unspecified atom stereocenters. The summed E-state index contributed by atoms with van der Waals surface area (Å²) in [6.45, 7) is 3.09. The van der Waals surface area contributed by atoms with Gasteiger partial charge in [0.05, 0.1) is 5.56 Å². The summed E-state index contributed by atoms with van der Waals surface area (Å²) >= 11 is 5.96. The molecular formula is C22H30ClN3O2. The van der Waals surface area contributed by atoms with Crippen molar-refractivity contribution in [1.82, 2.24) is 4.90 Å². The van der Waals surface area contributed by atoms with Crippen molar-refractivity contribution >= 4 is 17.5 Å². The second-order valence-electron chi connectivity index (χ2n) is 8.17. The van der Waals surface area contributed by atoms with Crippen LogP contribution in [-0.2, 0) is 4.79 Å². The number of amides is 1. The van der Waals surface area contributed by atoms with Gasteiger partial charge in [0.2, 0.25) is 5.91 Å². The Bertz CT molecular complexity index is 710. The summed E-state index contributed by atoms with van der Waals surface area (Å²) in [6, 6.07) is 7.36. The number of nitrogens with two attached hydrogens (primary N) is 1. The van der Waals surface area contributed by atoms with Crippen LogP contribution in [-0.4, -0.2) is 36.5 Å². The number of halogens is 1. The van der Waals surface area contributed by atoms with Crippen LogP contribution in [0, 0.1) is 23.2 Å². The zero-order valence-electron chi connectivity index (χ0n) is 16.4. The molecule has 0 radical (unpaired) electrons. The number of ether oxygens (including phenoxy) is 1. The zero-order chi connectivity index (χ0) is 19.9. The molecule has 1 amide bonds. The first kappa shape index (κ1) is 21.0. The molecule has 0 aromatic heterocycles. The average Bonchev–Trinajstić information content (AvgIpc) is 2.69. The minimum absolute atomic E-state index is 0.141. The molecule has 152 valence electrons. The molecule has 1 saturated carbocycles. The molecule has 0 bridgehead atoms. The third kappa shape index (κ3) is 5.86. The fourth-order valence-electron chi connectivity index (χ4n) is 4.66. The largest absolute Gasteiger partial charge is 0.489 e. The number of primary amides is 1. The van der Waals surface area contributed by atoms with Crippen LogP contribution < -0.4 is 10.5 Å². The van der Waals surface area contributed by atoms with Crippen molar-refractivity contribution in [2.45, 2.75) is 57.5 Å². The van der Waals surface area contributed by atoms with Crippen molar-refractivity contribution in [2.24, 2.45) is 17.6 Å². The Hall–Kier alpha value is -1.77. The van der Waals surface area contributed by atoms with Crippen LogP contribution in [0.5, 0.6) is 5.75 Å².